The highest BCUT2D eigenvalue weighted by Gasteiger charge is 2.10. The van der Waals surface area contributed by atoms with Crippen molar-refractivity contribution in [2.45, 2.75) is 19.9 Å². The van der Waals surface area contributed by atoms with E-state index in [2.05, 4.69) is 12.2 Å². The molecule has 1 aromatic carbocycles. The molecule has 4 heteroatoms. The van der Waals surface area contributed by atoms with Gasteiger partial charge >= 0.3 is 0 Å². The number of hydrogen-bond acceptors (Lipinski definition) is 3. The Labute approximate surface area is 112 Å². The normalized spacial score (nSPS) is 10.2. The Bertz CT molecular complexity index is 547. The smallest absolute Gasteiger partial charge is 0.287 e. The largest absolute Gasteiger partial charge is 0.496 e. The number of amides is 1. The lowest BCUT2D eigenvalue weighted by Crippen LogP contribution is -2.22. The van der Waals surface area contributed by atoms with E-state index in [4.69, 9.17) is 9.15 Å². The lowest BCUT2D eigenvalue weighted by Gasteiger charge is -2.10. The van der Waals surface area contributed by atoms with Crippen molar-refractivity contribution in [1.82, 2.24) is 5.32 Å². The summed E-state index contributed by atoms with van der Waals surface area (Å²) in [5.74, 6) is 0.858. The molecule has 0 atom stereocenters. The van der Waals surface area contributed by atoms with Gasteiger partial charge in [-0.25, -0.2) is 0 Å². The van der Waals surface area contributed by atoms with Crippen LogP contribution in [-0.4, -0.2) is 13.0 Å². The van der Waals surface area contributed by atoms with Crippen LogP contribution in [0.15, 0.2) is 41.0 Å². The van der Waals surface area contributed by atoms with Gasteiger partial charge in [-0.05, 0) is 30.2 Å². The second kappa shape index (κ2) is 6.09. The zero-order valence-electron chi connectivity index (χ0n) is 11.1. The second-order valence-corrected chi connectivity index (χ2v) is 4.16. The minimum atomic E-state index is -0.228. The maximum absolute atomic E-state index is 11.8. The minimum absolute atomic E-state index is 0.228. The average molecular weight is 259 g/mol. The average Bonchev–Trinajstić information content (AvgIpc) is 2.98. The zero-order valence-corrected chi connectivity index (χ0v) is 11.1. The number of benzene rings is 1. The van der Waals surface area contributed by atoms with Crippen LogP contribution >= 0.6 is 0 Å². The van der Waals surface area contributed by atoms with Crippen molar-refractivity contribution in [1.29, 1.82) is 0 Å². The van der Waals surface area contributed by atoms with E-state index in [0.717, 1.165) is 17.7 Å². The van der Waals surface area contributed by atoms with Crippen LogP contribution < -0.4 is 10.1 Å². The number of carbonyl (C=O) groups is 1. The molecule has 0 aliphatic carbocycles. The number of carbonyl (C=O) groups excluding carboxylic acids is 1. The summed E-state index contributed by atoms with van der Waals surface area (Å²) in [5.41, 5.74) is 2.17. The standard InChI is InChI=1S/C15H17NO3/c1-3-11-6-7-13(18-2)12(9-11)10-16-15(17)14-5-4-8-19-14/h4-9H,3,10H2,1-2H3,(H,16,17). The van der Waals surface area contributed by atoms with Gasteiger partial charge in [0.15, 0.2) is 5.76 Å². The van der Waals surface area contributed by atoms with Gasteiger partial charge in [0.05, 0.1) is 13.4 Å². The van der Waals surface area contributed by atoms with Crippen LogP contribution in [-0.2, 0) is 13.0 Å². The third kappa shape index (κ3) is 3.16. The van der Waals surface area contributed by atoms with Crippen molar-refractivity contribution >= 4 is 5.91 Å². The van der Waals surface area contributed by atoms with Crippen molar-refractivity contribution in [3.05, 3.63) is 53.5 Å². The Hall–Kier alpha value is -2.23. The lowest BCUT2D eigenvalue weighted by atomic mass is 10.1. The molecule has 1 heterocycles. The van der Waals surface area contributed by atoms with Gasteiger partial charge in [0.2, 0.25) is 0 Å². The predicted molar refractivity (Wildman–Crippen MR) is 72.3 cm³/mol. The van der Waals surface area contributed by atoms with Crippen molar-refractivity contribution in [2.24, 2.45) is 0 Å². The first-order valence-corrected chi connectivity index (χ1v) is 6.22. The fourth-order valence-electron chi connectivity index (χ4n) is 1.86. The van der Waals surface area contributed by atoms with Gasteiger partial charge in [0.25, 0.3) is 5.91 Å². The highest BCUT2D eigenvalue weighted by atomic mass is 16.5. The summed E-state index contributed by atoms with van der Waals surface area (Å²) in [6, 6.07) is 9.31. The van der Waals surface area contributed by atoms with Crippen molar-refractivity contribution in [3.63, 3.8) is 0 Å². The molecule has 0 saturated heterocycles. The summed E-state index contributed by atoms with van der Waals surface area (Å²) in [6.45, 7) is 2.50. The van der Waals surface area contributed by atoms with Gasteiger partial charge in [-0.3, -0.25) is 4.79 Å². The van der Waals surface area contributed by atoms with Crippen molar-refractivity contribution in [3.8, 4) is 5.75 Å². The van der Waals surface area contributed by atoms with Gasteiger partial charge in [0.1, 0.15) is 5.75 Å². The lowest BCUT2D eigenvalue weighted by molar-refractivity contribution is 0.0923. The van der Waals surface area contributed by atoms with Crippen LogP contribution in [0.2, 0.25) is 0 Å². The van der Waals surface area contributed by atoms with Crippen molar-refractivity contribution in [2.75, 3.05) is 7.11 Å². The molecule has 0 spiro atoms. The molecule has 4 nitrogen and oxygen atoms in total. The SMILES string of the molecule is CCc1ccc(OC)c(CNC(=O)c2ccco2)c1. The molecule has 1 amide bonds. The highest BCUT2D eigenvalue weighted by Crippen LogP contribution is 2.20. The molecule has 19 heavy (non-hydrogen) atoms. The number of rotatable bonds is 5. The van der Waals surface area contributed by atoms with Gasteiger partial charge in [-0.15, -0.1) is 0 Å². The monoisotopic (exact) mass is 259 g/mol. The summed E-state index contributed by atoms with van der Waals surface area (Å²) in [5, 5.41) is 2.81. The second-order valence-electron chi connectivity index (χ2n) is 4.16. The van der Waals surface area contributed by atoms with E-state index in [9.17, 15) is 4.79 Å². The number of aryl methyl sites for hydroxylation is 1. The van der Waals surface area contributed by atoms with Crippen LogP contribution in [0, 0.1) is 0 Å². The van der Waals surface area contributed by atoms with Crippen LogP contribution in [0.1, 0.15) is 28.6 Å². The number of furan rings is 1. The van der Waals surface area contributed by atoms with Gasteiger partial charge in [-0.1, -0.05) is 19.1 Å². The topological polar surface area (TPSA) is 51.5 Å². The van der Waals surface area contributed by atoms with E-state index < -0.39 is 0 Å². The molecule has 1 aromatic heterocycles. The molecule has 0 aliphatic heterocycles. The Morgan fingerprint density at radius 3 is 2.84 bits per heavy atom. The highest BCUT2D eigenvalue weighted by molar-refractivity contribution is 5.91. The number of nitrogens with one attached hydrogen (secondary N) is 1. The van der Waals surface area contributed by atoms with Gasteiger partial charge in [0, 0.05) is 12.1 Å². The van der Waals surface area contributed by atoms with Crippen LogP contribution in [0.5, 0.6) is 5.75 Å². The minimum Gasteiger partial charge on any atom is -0.496 e. The molecule has 0 bridgehead atoms. The molecule has 0 aliphatic rings. The molecule has 0 fully saturated rings. The van der Waals surface area contributed by atoms with E-state index in [1.165, 1.54) is 11.8 Å². The molecule has 1 N–H and O–H groups in total. The predicted octanol–water partition coefficient (Wildman–Crippen LogP) is 2.78. The fourth-order valence-corrected chi connectivity index (χ4v) is 1.86. The third-order valence-corrected chi connectivity index (χ3v) is 2.94. The summed E-state index contributed by atoms with van der Waals surface area (Å²) >= 11 is 0. The van der Waals surface area contributed by atoms with Crippen LogP contribution in [0.4, 0.5) is 0 Å². The molecule has 0 radical (unpaired) electrons. The van der Waals surface area contributed by atoms with Gasteiger partial charge in [-0.2, -0.15) is 0 Å². The van der Waals surface area contributed by atoms with Crippen LogP contribution in [0.3, 0.4) is 0 Å². The first kappa shape index (κ1) is 13.2. The van der Waals surface area contributed by atoms with E-state index in [1.54, 1.807) is 19.2 Å². The molecular formula is C15H17NO3. The Morgan fingerprint density at radius 2 is 2.21 bits per heavy atom. The molecule has 0 unspecified atom stereocenters. The van der Waals surface area contributed by atoms with E-state index >= 15 is 0 Å². The molecule has 0 saturated carbocycles. The molecule has 100 valence electrons. The fraction of sp³-hybridized carbons (Fsp3) is 0.267. The van der Waals surface area contributed by atoms with Crippen LogP contribution in [0.25, 0.3) is 0 Å². The molecule has 2 aromatic rings. The number of hydrogen-bond donors (Lipinski definition) is 1. The quantitative estimate of drug-likeness (QED) is 0.898. The van der Waals surface area contributed by atoms with E-state index in [1.807, 2.05) is 18.2 Å². The Balaban J connectivity index is 2.08. The summed E-state index contributed by atoms with van der Waals surface area (Å²) in [4.78, 5) is 11.8. The summed E-state index contributed by atoms with van der Waals surface area (Å²) in [6.07, 6.45) is 2.43. The molecular weight excluding hydrogens is 242 g/mol. The number of methoxy groups -OCH3 is 1. The zero-order chi connectivity index (χ0) is 13.7. The van der Waals surface area contributed by atoms with E-state index in [-0.39, 0.29) is 5.91 Å². The first-order chi connectivity index (χ1) is 9.24. The maximum atomic E-state index is 11.8. The Kier molecular flexibility index (Phi) is 4.23. The summed E-state index contributed by atoms with van der Waals surface area (Å²) in [7, 11) is 1.62. The first-order valence-electron chi connectivity index (χ1n) is 6.22. The summed E-state index contributed by atoms with van der Waals surface area (Å²) < 4.78 is 10.3. The van der Waals surface area contributed by atoms with E-state index in [0.29, 0.717) is 12.3 Å². The third-order valence-electron chi connectivity index (χ3n) is 2.94. The van der Waals surface area contributed by atoms with Crippen molar-refractivity contribution < 1.29 is 13.9 Å². The maximum Gasteiger partial charge on any atom is 0.287 e. The molecule has 2 rings (SSSR count). The number of ether oxygens (including phenoxy) is 1. The van der Waals surface area contributed by atoms with Gasteiger partial charge < -0.3 is 14.5 Å². The Morgan fingerprint density at radius 1 is 1.37 bits per heavy atom.